The van der Waals surface area contributed by atoms with Crippen LogP contribution in [-0.2, 0) is 0 Å². The number of nitrogens with zero attached hydrogens (tertiary/aromatic N) is 2. The second-order valence-electron chi connectivity index (χ2n) is 2.25. The molecule has 0 rings (SSSR count). The number of nitriles is 1. The fourth-order valence-electron chi connectivity index (χ4n) is 0.665. The van der Waals surface area contributed by atoms with Crippen LogP contribution in [0.1, 0.15) is 6.92 Å². The zero-order valence-corrected chi connectivity index (χ0v) is 7.41. The van der Waals surface area contributed by atoms with Crippen molar-refractivity contribution in [2.45, 2.75) is 6.92 Å². The zero-order chi connectivity index (χ0) is 9.40. The Morgan fingerprint density at radius 2 is 2.33 bits per heavy atom. The molecule has 0 aliphatic rings. The van der Waals surface area contributed by atoms with Crippen molar-refractivity contribution in [2.24, 2.45) is 10.7 Å². The summed E-state index contributed by atoms with van der Waals surface area (Å²) in [6, 6.07) is 1.97. The van der Waals surface area contributed by atoms with Crippen molar-refractivity contribution in [2.75, 3.05) is 13.6 Å². The molecule has 0 aliphatic heterocycles. The minimum absolute atomic E-state index is 0.425. The Morgan fingerprint density at radius 3 is 2.75 bits per heavy atom. The van der Waals surface area contributed by atoms with E-state index in [9.17, 15) is 0 Å². The Kier molecular flexibility index (Phi) is 5.58. The van der Waals surface area contributed by atoms with Gasteiger partial charge in [-0.3, -0.25) is 4.99 Å². The Morgan fingerprint density at radius 1 is 1.67 bits per heavy atom. The Bertz CT molecular complexity index is 253. The van der Waals surface area contributed by atoms with Crippen LogP contribution in [0.5, 0.6) is 0 Å². The fourth-order valence-corrected chi connectivity index (χ4v) is 0.665. The van der Waals surface area contributed by atoms with E-state index < -0.39 is 0 Å². The lowest BCUT2D eigenvalue weighted by Crippen LogP contribution is -1.93. The van der Waals surface area contributed by atoms with Gasteiger partial charge < -0.3 is 5.73 Å². The van der Waals surface area contributed by atoms with E-state index in [1.165, 1.54) is 0 Å². The number of rotatable bonds is 3. The first kappa shape index (κ1) is 10.6. The maximum absolute atomic E-state index is 8.53. The summed E-state index contributed by atoms with van der Waals surface area (Å²) in [6.45, 7) is 2.41. The quantitative estimate of drug-likeness (QED) is 0.499. The van der Waals surface area contributed by atoms with Crippen LogP contribution in [0, 0.1) is 11.3 Å². The molecule has 0 fully saturated rings. The summed E-state index contributed by atoms with van der Waals surface area (Å²) in [5.41, 5.74) is 6.66. The lowest BCUT2D eigenvalue weighted by atomic mass is 10.2. The maximum Gasteiger partial charge on any atom is 0.135 e. The average Bonchev–Trinajstić information content (AvgIpc) is 2.10. The summed E-state index contributed by atoms with van der Waals surface area (Å²) in [6.07, 6.45) is 5.41. The number of hydrogen-bond donors (Lipinski definition) is 1. The van der Waals surface area contributed by atoms with Gasteiger partial charge in [-0.1, -0.05) is 12.2 Å². The third-order valence-electron chi connectivity index (χ3n) is 1.24. The smallest absolute Gasteiger partial charge is 0.135 e. The van der Waals surface area contributed by atoms with Gasteiger partial charge in [0.2, 0.25) is 0 Å². The lowest BCUT2D eigenvalue weighted by molar-refractivity contribution is 1.25. The van der Waals surface area contributed by atoms with Crippen LogP contribution in [0.15, 0.2) is 28.8 Å². The van der Waals surface area contributed by atoms with E-state index in [1.807, 2.05) is 25.1 Å². The van der Waals surface area contributed by atoms with E-state index in [1.54, 1.807) is 13.1 Å². The van der Waals surface area contributed by atoms with Crippen molar-refractivity contribution in [1.29, 1.82) is 5.26 Å². The van der Waals surface area contributed by atoms with Crippen molar-refractivity contribution in [3.63, 3.8) is 0 Å². The van der Waals surface area contributed by atoms with Crippen molar-refractivity contribution < 1.29 is 0 Å². The molecule has 3 heteroatoms. The van der Waals surface area contributed by atoms with E-state index in [4.69, 9.17) is 11.0 Å². The molecule has 0 saturated heterocycles. The van der Waals surface area contributed by atoms with Gasteiger partial charge in [0, 0.05) is 13.6 Å². The Balaban J connectivity index is 4.37. The molecule has 3 nitrogen and oxygen atoms in total. The van der Waals surface area contributed by atoms with Gasteiger partial charge in [-0.05, 0) is 18.6 Å². The second-order valence-corrected chi connectivity index (χ2v) is 2.25. The van der Waals surface area contributed by atoms with Crippen molar-refractivity contribution in [3.05, 3.63) is 23.8 Å². The van der Waals surface area contributed by atoms with Crippen LogP contribution in [0.4, 0.5) is 0 Å². The molecule has 0 unspecified atom stereocenters. The summed E-state index contributed by atoms with van der Waals surface area (Å²) >= 11 is 0. The van der Waals surface area contributed by atoms with E-state index >= 15 is 0 Å². The van der Waals surface area contributed by atoms with Gasteiger partial charge in [-0.25, -0.2) is 0 Å². The molecule has 0 aromatic heterocycles. The highest BCUT2D eigenvalue weighted by atomic mass is 14.7. The molecule has 0 saturated carbocycles. The van der Waals surface area contributed by atoms with Crippen LogP contribution in [0.2, 0.25) is 0 Å². The number of allylic oxidation sites excluding steroid dienone is 3. The molecule has 0 atom stereocenters. The monoisotopic (exact) mass is 163 g/mol. The van der Waals surface area contributed by atoms with Crippen LogP contribution in [0.3, 0.4) is 0 Å². The van der Waals surface area contributed by atoms with E-state index in [2.05, 4.69) is 4.99 Å². The third kappa shape index (κ3) is 4.42. The first-order valence-corrected chi connectivity index (χ1v) is 3.66. The SMILES string of the molecule is CN=C(C#N)/C=C(C)\C=C\CN. The van der Waals surface area contributed by atoms with Crippen LogP contribution < -0.4 is 5.73 Å². The third-order valence-corrected chi connectivity index (χ3v) is 1.24. The van der Waals surface area contributed by atoms with E-state index in [0.717, 1.165) is 5.57 Å². The summed E-state index contributed by atoms with van der Waals surface area (Å²) in [5, 5.41) is 8.53. The first-order valence-electron chi connectivity index (χ1n) is 3.66. The van der Waals surface area contributed by atoms with Gasteiger partial charge in [0.1, 0.15) is 11.8 Å². The number of aliphatic imine (C=N–C) groups is 1. The zero-order valence-electron chi connectivity index (χ0n) is 7.41. The van der Waals surface area contributed by atoms with E-state index in [-0.39, 0.29) is 0 Å². The minimum atomic E-state index is 0.425. The highest BCUT2D eigenvalue weighted by Crippen LogP contribution is 1.95. The molecule has 0 aromatic rings. The second kappa shape index (κ2) is 6.32. The van der Waals surface area contributed by atoms with Gasteiger partial charge in [0.25, 0.3) is 0 Å². The first-order chi connectivity index (χ1) is 5.74. The largest absolute Gasteiger partial charge is 0.327 e. The molecule has 0 radical (unpaired) electrons. The average molecular weight is 163 g/mol. The molecule has 0 bridgehead atoms. The Labute approximate surface area is 72.9 Å². The summed E-state index contributed by atoms with van der Waals surface area (Å²) < 4.78 is 0. The van der Waals surface area contributed by atoms with Crippen molar-refractivity contribution in [3.8, 4) is 6.07 Å². The maximum atomic E-state index is 8.53. The summed E-state index contributed by atoms with van der Waals surface area (Å²) in [4.78, 5) is 3.77. The van der Waals surface area contributed by atoms with Crippen LogP contribution >= 0.6 is 0 Å². The molecule has 0 spiro atoms. The molecular formula is C9H13N3. The molecule has 0 heterocycles. The van der Waals surface area contributed by atoms with Gasteiger partial charge in [-0.15, -0.1) is 0 Å². The number of hydrogen-bond acceptors (Lipinski definition) is 3. The highest BCUT2D eigenvalue weighted by molar-refractivity contribution is 6.07. The van der Waals surface area contributed by atoms with Gasteiger partial charge in [0.15, 0.2) is 0 Å². The topological polar surface area (TPSA) is 62.2 Å². The van der Waals surface area contributed by atoms with Crippen molar-refractivity contribution in [1.82, 2.24) is 0 Å². The normalized spacial score (nSPS) is 13.5. The highest BCUT2D eigenvalue weighted by Gasteiger charge is 1.88. The van der Waals surface area contributed by atoms with Gasteiger partial charge in [-0.2, -0.15) is 5.26 Å². The standard InChI is InChI=1S/C9H13N3/c1-8(4-3-5-10)6-9(7-11)12-2/h3-4,6H,5,10H2,1-2H3/b4-3+,8-6-,12-9?. The molecular weight excluding hydrogens is 150 g/mol. The molecule has 0 aliphatic carbocycles. The predicted molar refractivity (Wildman–Crippen MR) is 50.9 cm³/mol. The van der Waals surface area contributed by atoms with Gasteiger partial charge >= 0.3 is 0 Å². The summed E-state index contributed by atoms with van der Waals surface area (Å²) in [7, 11) is 1.59. The predicted octanol–water partition coefficient (Wildman–Crippen LogP) is 1.04. The Hall–Kier alpha value is -1.40. The fraction of sp³-hybridized carbons (Fsp3) is 0.333. The van der Waals surface area contributed by atoms with E-state index in [0.29, 0.717) is 12.3 Å². The van der Waals surface area contributed by atoms with Crippen molar-refractivity contribution >= 4 is 5.71 Å². The molecule has 0 aromatic carbocycles. The molecule has 12 heavy (non-hydrogen) atoms. The van der Waals surface area contributed by atoms with Crippen LogP contribution in [-0.4, -0.2) is 19.3 Å². The van der Waals surface area contributed by atoms with Gasteiger partial charge in [0.05, 0.1) is 0 Å². The molecule has 0 amide bonds. The minimum Gasteiger partial charge on any atom is -0.327 e. The van der Waals surface area contributed by atoms with Crippen LogP contribution in [0.25, 0.3) is 0 Å². The molecule has 64 valence electrons. The lowest BCUT2D eigenvalue weighted by Gasteiger charge is -1.89. The number of nitrogens with two attached hydrogens (primary N) is 1. The molecule has 2 N–H and O–H groups in total. The summed E-state index contributed by atoms with van der Waals surface area (Å²) in [5.74, 6) is 0.